The Morgan fingerprint density at radius 3 is 2.21 bits per heavy atom. The molecule has 4 heterocycles. The molecule has 274 valence electrons. The third-order valence-corrected chi connectivity index (χ3v) is 8.85. The number of amides is 4. The maximum absolute atomic E-state index is 13.9. The smallest absolute Gasteiger partial charge is 0.370 e. The first-order valence-electron chi connectivity index (χ1n) is 16.4. The minimum Gasteiger partial charge on any atom is -0.370 e. The number of alkyl halides is 3. The predicted octanol–water partition coefficient (Wildman–Crippen LogP) is 6.96. The highest BCUT2D eigenvalue weighted by molar-refractivity contribution is 5.90. The first-order valence-corrected chi connectivity index (χ1v) is 16.4. The molecular weight excluding hydrogens is 697 g/mol. The molecule has 2 aliphatic heterocycles. The topological polar surface area (TPSA) is 132 Å². The van der Waals surface area contributed by atoms with Crippen molar-refractivity contribution in [3.05, 3.63) is 106 Å². The van der Waals surface area contributed by atoms with Crippen LogP contribution in [0.2, 0.25) is 0 Å². The van der Waals surface area contributed by atoms with Crippen LogP contribution >= 0.6 is 0 Å². The number of aromatic nitrogens is 2. The van der Waals surface area contributed by atoms with Crippen LogP contribution in [0, 0.1) is 29.2 Å². The Hall–Kier alpha value is -5.61. The van der Waals surface area contributed by atoms with E-state index in [2.05, 4.69) is 36.9 Å². The molecule has 0 bridgehead atoms. The molecule has 52 heavy (non-hydrogen) atoms. The minimum absolute atomic E-state index is 0.142. The van der Waals surface area contributed by atoms with E-state index in [9.17, 15) is 40.3 Å². The summed E-state index contributed by atoms with van der Waals surface area (Å²) in [5.41, 5.74) is 1.52. The number of anilines is 4. The number of hydrogen-bond acceptors (Lipinski definition) is 6. The number of carbonyl (C=O) groups is 2. The number of carbonyl (C=O) groups excluding carboxylic acids is 2. The van der Waals surface area contributed by atoms with Gasteiger partial charge >= 0.3 is 18.2 Å². The molecule has 4 amide bonds. The van der Waals surface area contributed by atoms with Gasteiger partial charge in [0.2, 0.25) is 0 Å². The lowest BCUT2D eigenvalue weighted by Crippen LogP contribution is -2.33. The fourth-order valence-electron chi connectivity index (χ4n) is 6.33. The van der Waals surface area contributed by atoms with Crippen LogP contribution in [0.1, 0.15) is 40.4 Å². The van der Waals surface area contributed by atoms with Gasteiger partial charge in [0.1, 0.15) is 17.5 Å². The van der Waals surface area contributed by atoms with Gasteiger partial charge in [0.25, 0.3) is 0 Å². The fraction of sp³-hybridized carbons (Fsp3) is 0.314. The fourth-order valence-corrected chi connectivity index (χ4v) is 6.33. The largest absolute Gasteiger partial charge is 0.416 e. The molecule has 2 atom stereocenters. The van der Waals surface area contributed by atoms with Crippen molar-refractivity contribution in [1.29, 1.82) is 0 Å². The van der Waals surface area contributed by atoms with Crippen LogP contribution in [0.5, 0.6) is 0 Å². The number of urea groups is 2. The molecule has 0 spiro atoms. The second-order valence-corrected chi connectivity index (χ2v) is 12.4. The molecule has 2 aromatic heterocycles. The Balaban J connectivity index is 0.984. The summed E-state index contributed by atoms with van der Waals surface area (Å²) in [6.07, 6.45) is -2.37. The van der Waals surface area contributed by atoms with Crippen molar-refractivity contribution in [3.8, 4) is 0 Å². The molecule has 0 radical (unpaired) electrons. The van der Waals surface area contributed by atoms with Crippen molar-refractivity contribution in [2.45, 2.75) is 37.8 Å². The van der Waals surface area contributed by atoms with Gasteiger partial charge in [-0.05, 0) is 78.3 Å². The van der Waals surface area contributed by atoms with Crippen LogP contribution in [0.15, 0.2) is 54.6 Å². The van der Waals surface area contributed by atoms with Gasteiger partial charge in [-0.25, -0.2) is 37.1 Å². The molecule has 0 saturated carbocycles. The summed E-state index contributed by atoms with van der Waals surface area (Å²) in [7, 11) is 0. The SMILES string of the molecule is O=C(NCCc1ccc2c(n1)NCC(C1CCNc3nc(CCNC(=O)Nc4ccc(F)c(F)c4F)ccc31)C2)Nc1cc(F)cc(C(F)(F)F)c1. The number of hydrogen-bond donors (Lipinski definition) is 6. The van der Waals surface area contributed by atoms with Gasteiger partial charge in [0, 0.05) is 56.1 Å². The van der Waals surface area contributed by atoms with Gasteiger partial charge in [-0.1, -0.05) is 12.1 Å². The van der Waals surface area contributed by atoms with Crippen LogP contribution in [-0.4, -0.2) is 48.2 Å². The van der Waals surface area contributed by atoms with Gasteiger partial charge < -0.3 is 31.9 Å². The average molecular weight is 731 g/mol. The molecule has 4 aromatic rings. The van der Waals surface area contributed by atoms with Crippen LogP contribution in [-0.2, 0) is 25.4 Å². The summed E-state index contributed by atoms with van der Waals surface area (Å²) in [4.78, 5) is 33.9. The molecular formula is C35H33F7N8O2. The molecule has 6 N–H and O–H groups in total. The maximum atomic E-state index is 13.9. The Kier molecular flexibility index (Phi) is 10.7. The highest BCUT2D eigenvalue weighted by atomic mass is 19.4. The summed E-state index contributed by atoms with van der Waals surface area (Å²) < 4.78 is 93.0. The van der Waals surface area contributed by atoms with Gasteiger partial charge in [0.15, 0.2) is 17.5 Å². The van der Waals surface area contributed by atoms with E-state index in [1.165, 1.54) is 0 Å². The minimum atomic E-state index is -4.75. The molecule has 10 nitrogen and oxygen atoms in total. The highest BCUT2D eigenvalue weighted by Gasteiger charge is 2.33. The summed E-state index contributed by atoms with van der Waals surface area (Å²) in [5, 5.41) is 16.3. The van der Waals surface area contributed by atoms with Gasteiger partial charge in [-0.2, -0.15) is 13.2 Å². The van der Waals surface area contributed by atoms with Crippen molar-refractivity contribution in [2.24, 2.45) is 5.92 Å². The quantitative estimate of drug-likeness (QED) is 0.0816. The zero-order valence-corrected chi connectivity index (χ0v) is 27.4. The van der Waals surface area contributed by atoms with E-state index < -0.39 is 52.8 Å². The molecule has 2 unspecified atom stereocenters. The number of halogens is 7. The first-order chi connectivity index (χ1) is 24.8. The van der Waals surface area contributed by atoms with Crippen LogP contribution < -0.4 is 31.9 Å². The summed E-state index contributed by atoms with van der Waals surface area (Å²) in [6, 6.07) is 9.66. The second kappa shape index (κ2) is 15.3. The maximum Gasteiger partial charge on any atom is 0.416 e. The third kappa shape index (κ3) is 8.63. The van der Waals surface area contributed by atoms with Crippen molar-refractivity contribution in [2.75, 3.05) is 47.4 Å². The first kappa shape index (κ1) is 36.2. The lowest BCUT2D eigenvalue weighted by molar-refractivity contribution is -0.137. The van der Waals surface area contributed by atoms with Gasteiger partial charge in [-0.3, -0.25) is 0 Å². The molecule has 2 aliphatic rings. The standard InChI is InChI=1S/C35H33F7N8O2/c36-21-14-20(35(40,41)42)15-24(16-21)49-33(51)44-10-7-22-2-1-18-13-19(17-46-31(18)47-22)25-9-12-43-32-26(25)4-3-23(48-32)8-11-45-34(52)50-28-6-5-27(37)29(38)30(28)39/h1-6,14-16,19,25H,7-13,17H2,(H,43,48)(H,46,47)(H2,44,49,51)(H2,45,50,52). The Bertz CT molecular complexity index is 1980. The van der Waals surface area contributed by atoms with E-state index in [-0.39, 0.29) is 30.6 Å². The Labute approximate surface area is 293 Å². The third-order valence-electron chi connectivity index (χ3n) is 8.85. The zero-order chi connectivity index (χ0) is 37.0. The van der Waals surface area contributed by atoms with E-state index in [1.54, 1.807) is 0 Å². The van der Waals surface area contributed by atoms with E-state index in [4.69, 9.17) is 4.98 Å². The zero-order valence-electron chi connectivity index (χ0n) is 27.4. The van der Waals surface area contributed by atoms with Crippen LogP contribution in [0.3, 0.4) is 0 Å². The molecule has 17 heteroatoms. The lowest BCUT2D eigenvalue weighted by Gasteiger charge is -2.35. The van der Waals surface area contributed by atoms with E-state index in [1.807, 2.05) is 24.3 Å². The Morgan fingerprint density at radius 1 is 0.788 bits per heavy atom. The highest BCUT2D eigenvalue weighted by Crippen LogP contribution is 2.40. The van der Waals surface area contributed by atoms with Gasteiger partial charge in [0.05, 0.1) is 11.3 Å². The normalized spacial score (nSPS) is 16.4. The van der Waals surface area contributed by atoms with Crippen LogP contribution in [0.25, 0.3) is 0 Å². The monoisotopic (exact) mass is 730 g/mol. The number of nitrogens with one attached hydrogen (secondary N) is 6. The second-order valence-electron chi connectivity index (χ2n) is 12.4. The van der Waals surface area contributed by atoms with Crippen molar-refractivity contribution >= 4 is 35.1 Å². The van der Waals surface area contributed by atoms with E-state index in [0.29, 0.717) is 42.9 Å². The Morgan fingerprint density at radius 2 is 1.48 bits per heavy atom. The lowest BCUT2D eigenvalue weighted by atomic mass is 9.77. The van der Waals surface area contributed by atoms with Crippen molar-refractivity contribution in [1.82, 2.24) is 20.6 Å². The summed E-state index contributed by atoms with van der Waals surface area (Å²) in [6.45, 7) is 1.69. The molecule has 0 fully saturated rings. The van der Waals surface area contributed by atoms with Gasteiger partial charge in [-0.15, -0.1) is 0 Å². The molecule has 0 saturated heterocycles. The number of pyridine rings is 2. The van der Waals surface area contributed by atoms with E-state index >= 15 is 0 Å². The number of rotatable bonds is 9. The van der Waals surface area contributed by atoms with Crippen molar-refractivity contribution < 1.29 is 40.3 Å². The molecule has 6 rings (SSSR count). The number of fused-ring (bicyclic) bond motifs is 2. The van der Waals surface area contributed by atoms with Crippen LogP contribution in [0.4, 0.5) is 63.3 Å². The summed E-state index contributed by atoms with van der Waals surface area (Å²) in [5.74, 6) is -3.67. The average Bonchev–Trinajstić information content (AvgIpc) is 3.10. The molecule has 2 aromatic carbocycles. The number of benzene rings is 2. The number of nitrogens with zero attached hydrogens (tertiary/aromatic N) is 2. The summed E-state index contributed by atoms with van der Waals surface area (Å²) >= 11 is 0. The predicted molar refractivity (Wildman–Crippen MR) is 179 cm³/mol. The molecule has 0 aliphatic carbocycles. The van der Waals surface area contributed by atoms with Crippen molar-refractivity contribution in [3.63, 3.8) is 0 Å². The van der Waals surface area contributed by atoms with E-state index in [0.717, 1.165) is 60.3 Å².